The molecule has 0 radical (unpaired) electrons. The van der Waals surface area contributed by atoms with Crippen molar-refractivity contribution >= 4 is 38.9 Å². The van der Waals surface area contributed by atoms with Gasteiger partial charge in [0.25, 0.3) is 0 Å². The number of alkyl halides is 1. The Morgan fingerprint density at radius 3 is 2.71 bits per heavy atom. The summed E-state index contributed by atoms with van der Waals surface area (Å²) in [5.74, 6) is 0.684. The van der Waals surface area contributed by atoms with Gasteiger partial charge >= 0.3 is 0 Å². The fourth-order valence-electron chi connectivity index (χ4n) is 1.22. The Kier molecular flexibility index (Phi) is 5.36. The molecule has 0 atom stereocenters. The van der Waals surface area contributed by atoms with E-state index in [1.807, 2.05) is 0 Å². The fourth-order valence-corrected chi connectivity index (χ4v) is 2.81. The van der Waals surface area contributed by atoms with Gasteiger partial charge in [0, 0.05) is 10.9 Å². The smallest absolute Gasteiger partial charge is 0.232 e. The Morgan fingerprint density at radius 2 is 2.12 bits per heavy atom. The Bertz CT molecular complexity index is 476. The highest BCUT2D eigenvalue weighted by molar-refractivity contribution is 7.92. The molecular weight excluding hydrogens is 285 g/mol. The first kappa shape index (κ1) is 14.4. The van der Waals surface area contributed by atoms with Crippen LogP contribution in [-0.2, 0) is 10.0 Å². The van der Waals surface area contributed by atoms with Crippen LogP contribution in [0.15, 0.2) is 18.2 Å². The number of halogens is 2. The molecule has 96 valence electrons. The zero-order chi connectivity index (χ0) is 12.9. The second-order valence-corrected chi connectivity index (χ2v) is 5.96. The maximum absolute atomic E-state index is 11.7. The summed E-state index contributed by atoms with van der Waals surface area (Å²) in [6.45, 7) is 0. The van der Waals surface area contributed by atoms with Crippen molar-refractivity contribution in [2.75, 3.05) is 23.5 Å². The SMILES string of the molecule is COc1ccc(Cl)cc1NS(=O)(=O)CCCCl. The van der Waals surface area contributed by atoms with E-state index < -0.39 is 10.0 Å². The van der Waals surface area contributed by atoms with E-state index in [1.54, 1.807) is 12.1 Å². The lowest BCUT2D eigenvalue weighted by Crippen LogP contribution is -2.17. The number of hydrogen-bond acceptors (Lipinski definition) is 3. The van der Waals surface area contributed by atoms with E-state index in [1.165, 1.54) is 13.2 Å². The van der Waals surface area contributed by atoms with Crippen molar-refractivity contribution in [3.63, 3.8) is 0 Å². The van der Waals surface area contributed by atoms with Gasteiger partial charge in [0.15, 0.2) is 0 Å². The molecule has 1 aromatic rings. The minimum absolute atomic E-state index is 0.0355. The number of methoxy groups -OCH3 is 1. The largest absolute Gasteiger partial charge is 0.495 e. The standard InChI is InChI=1S/C10H13Cl2NO3S/c1-16-10-4-3-8(12)7-9(10)13-17(14,15)6-2-5-11/h3-4,7,13H,2,5-6H2,1H3. The number of anilines is 1. The molecule has 0 fully saturated rings. The van der Waals surface area contributed by atoms with Crippen LogP contribution in [0.1, 0.15) is 6.42 Å². The predicted octanol–water partition coefficient (Wildman–Crippen LogP) is 2.72. The Hall–Kier alpha value is -0.650. The summed E-state index contributed by atoms with van der Waals surface area (Å²) in [5, 5.41) is 0.431. The highest BCUT2D eigenvalue weighted by atomic mass is 35.5. The number of ether oxygens (including phenoxy) is 1. The van der Waals surface area contributed by atoms with E-state index >= 15 is 0 Å². The third-order valence-corrected chi connectivity index (χ3v) is 3.83. The molecule has 0 aliphatic carbocycles. The maximum atomic E-state index is 11.7. The lowest BCUT2D eigenvalue weighted by atomic mass is 10.3. The van der Waals surface area contributed by atoms with E-state index in [4.69, 9.17) is 27.9 Å². The molecule has 0 heterocycles. The number of hydrogen-bond donors (Lipinski definition) is 1. The minimum Gasteiger partial charge on any atom is -0.495 e. The minimum atomic E-state index is -3.42. The first-order chi connectivity index (χ1) is 7.98. The molecular formula is C10H13Cl2NO3S. The lowest BCUT2D eigenvalue weighted by Gasteiger charge is -2.11. The molecule has 0 aliphatic rings. The quantitative estimate of drug-likeness (QED) is 0.822. The van der Waals surface area contributed by atoms with Crippen LogP contribution in [0.4, 0.5) is 5.69 Å². The number of benzene rings is 1. The zero-order valence-corrected chi connectivity index (χ0v) is 11.6. The number of nitrogens with one attached hydrogen (secondary N) is 1. The normalized spacial score (nSPS) is 11.2. The molecule has 7 heteroatoms. The number of sulfonamides is 1. The highest BCUT2D eigenvalue weighted by Crippen LogP contribution is 2.28. The van der Waals surface area contributed by atoms with Gasteiger partial charge in [-0.15, -0.1) is 11.6 Å². The lowest BCUT2D eigenvalue weighted by molar-refractivity contribution is 0.417. The summed E-state index contributed by atoms with van der Waals surface area (Å²) >= 11 is 11.3. The topological polar surface area (TPSA) is 55.4 Å². The third kappa shape index (κ3) is 4.61. The first-order valence-electron chi connectivity index (χ1n) is 4.88. The van der Waals surface area contributed by atoms with Gasteiger partial charge < -0.3 is 4.74 Å². The molecule has 17 heavy (non-hydrogen) atoms. The molecule has 1 aromatic carbocycles. The second-order valence-electron chi connectivity index (χ2n) is 3.31. The van der Waals surface area contributed by atoms with Crippen LogP contribution < -0.4 is 9.46 Å². The van der Waals surface area contributed by atoms with Crippen LogP contribution >= 0.6 is 23.2 Å². The van der Waals surface area contributed by atoms with Crippen molar-refractivity contribution in [2.24, 2.45) is 0 Å². The highest BCUT2D eigenvalue weighted by Gasteiger charge is 2.13. The van der Waals surface area contributed by atoms with Gasteiger partial charge in [0.05, 0.1) is 18.6 Å². The van der Waals surface area contributed by atoms with Crippen LogP contribution in [0.25, 0.3) is 0 Å². The molecule has 0 amide bonds. The average Bonchev–Trinajstić information content (AvgIpc) is 2.26. The van der Waals surface area contributed by atoms with Crippen LogP contribution in [0.5, 0.6) is 5.75 Å². The molecule has 0 bridgehead atoms. The van der Waals surface area contributed by atoms with E-state index in [9.17, 15) is 8.42 Å². The summed E-state index contributed by atoms with van der Waals surface area (Å²) in [4.78, 5) is 0. The van der Waals surface area contributed by atoms with Crippen molar-refractivity contribution < 1.29 is 13.2 Å². The summed E-state index contributed by atoms with van der Waals surface area (Å²) in [7, 11) is -1.96. The molecule has 1 rings (SSSR count). The zero-order valence-electron chi connectivity index (χ0n) is 9.24. The molecule has 1 N–H and O–H groups in total. The second kappa shape index (κ2) is 6.33. The van der Waals surface area contributed by atoms with Crippen molar-refractivity contribution in [2.45, 2.75) is 6.42 Å². The monoisotopic (exact) mass is 297 g/mol. The van der Waals surface area contributed by atoms with Crippen molar-refractivity contribution in [1.82, 2.24) is 0 Å². The Morgan fingerprint density at radius 1 is 1.41 bits per heavy atom. The van der Waals surface area contributed by atoms with E-state index in [-0.39, 0.29) is 5.75 Å². The summed E-state index contributed by atoms with van der Waals surface area (Å²) in [6, 6.07) is 4.72. The summed E-state index contributed by atoms with van der Waals surface area (Å²) in [6.07, 6.45) is 0.389. The van der Waals surface area contributed by atoms with E-state index in [0.29, 0.717) is 28.8 Å². The molecule has 0 spiro atoms. The van der Waals surface area contributed by atoms with Crippen molar-refractivity contribution in [3.8, 4) is 5.75 Å². The van der Waals surface area contributed by atoms with Crippen molar-refractivity contribution in [3.05, 3.63) is 23.2 Å². The maximum Gasteiger partial charge on any atom is 0.232 e. The van der Waals surface area contributed by atoms with E-state index in [0.717, 1.165) is 0 Å². The summed E-state index contributed by atoms with van der Waals surface area (Å²) < 4.78 is 30.8. The van der Waals surface area contributed by atoms with Gasteiger partial charge in [-0.3, -0.25) is 4.72 Å². The molecule has 0 saturated heterocycles. The number of rotatable bonds is 6. The average molecular weight is 298 g/mol. The molecule has 0 aromatic heterocycles. The van der Waals surface area contributed by atoms with Gasteiger partial charge in [-0.1, -0.05) is 11.6 Å². The van der Waals surface area contributed by atoms with Crippen LogP contribution in [0.3, 0.4) is 0 Å². The van der Waals surface area contributed by atoms with Gasteiger partial charge in [-0.05, 0) is 24.6 Å². The molecule has 4 nitrogen and oxygen atoms in total. The van der Waals surface area contributed by atoms with Crippen LogP contribution in [0, 0.1) is 0 Å². The van der Waals surface area contributed by atoms with Crippen molar-refractivity contribution in [1.29, 1.82) is 0 Å². The van der Waals surface area contributed by atoms with Gasteiger partial charge in [0.1, 0.15) is 5.75 Å². The van der Waals surface area contributed by atoms with Gasteiger partial charge in [0.2, 0.25) is 10.0 Å². The van der Waals surface area contributed by atoms with Crippen LogP contribution in [0.2, 0.25) is 5.02 Å². The third-order valence-electron chi connectivity index (χ3n) is 1.97. The Labute approximate surface area is 111 Å². The molecule has 0 aliphatic heterocycles. The first-order valence-corrected chi connectivity index (χ1v) is 7.45. The molecule has 0 unspecified atom stereocenters. The summed E-state index contributed by atoms with van der Waals surface area (Å²) in [5.41, 5.74) is 0.328. The fraction of sp³-hybridized carbons (Fsp3) is 0.400. The van der Waals surface area contributed by atoms with Gasteiger partial charge in [-0.25, -0.2) is 8.42 Å². The van der Waals surface area contributed by atoms with E-state index in [2.05, 4.69) is 4.72 Å². The predicted molar refractivity (Wildman–Crippen MR) is 70.8 cm³/mol. The molecule has 0 saturated carbocycles. The van der Waals surface area contributed by atoms with Crippen LogP contribution in [-0.4, -0.2) is 27.2 Å². The van der Waals surface area contributed by atoms with Gasteiger partial charge in [-0.2, -0.15) is 0 Å². The Balaban J connectivity index is 2.90.